The molecular weight excluding hydrogens is 396 g/mol. The van der Waals surface area contributed by atoms with Crippen LogP contribution in [0.5, 0.6) is 5.75 Å². The lowest BCUT2D eigenvalue weighted by Gasteiger charge is -2.13. The average molecular weight is 423 g/mol. The molecular formula is C27H26N4O. The maximum absolute atomic E-state index is 6.38. The monoisotopic (exact) mass is 422 g/mol. The largest absolute Gasteiger partial charge is 0.490 e. The first-order valence-electron chi connectivity index (χ1n) is 11.0. The van der Waals surface area contributed by atoms with Crippen molar-refractivity contribution < 1.29 is 4.74 Å². The van der Waals surface area contributed by atoms with E-state index in [9.17, 15) is 0 Å². The lowest BCUT2D eigenvalue weighted by Crippen LogP contribution is -2.30. The van der Waals surface area contributed by atoms with Crippen molar-refractivity contribution >= 4 is 21.7 Å². The molecule has 2 aromatic carbocycles. The van der Waals surface area contributed by atoms with Crippen LogP contribution in [-0.2, 0) is 12.8 Å². The van der Waals surface area contributed by atoms with Crippen LogP contribution in [0.25, 0.3) is 32.8 Å². The fourth-order valence-corrected chi connectivity index (χ4v) is 4.06. The summed E-state index contributed by atoms with van der Waals surface area (Å²) >= 11 is 0. The van der Waals surface area contributed by atoms with Gasteiger partial charge >= 0.3 is 0 Å². The Kier molecular flexibility index (Phi) is 5.57. The normalized spacial score (nSPS) is 12.3. The Bertz CT molecular complexity index is 1370. The van der Waals surface area contributed by atoms with Crippen LogP contribution in [-0.4, -0.2) is 27.6 Å². The Balaban J connectivity index is 1.29. The van der Waals surface area contributed by atoms with Crippen LogP contribution in [0.3, 0.4) is 0 Å². The minimum Gasteiger partial charge on any atom is -0.490 e. The standard InChI is InChI=1S/C27H26N4O/c1-2-24-11-20-9-18(7-8-19(20)14-30-24)21-12-25(16-29-13-21)32-17-23(28)10-22-15-31-27-6-4-3-5-26(22)27/h3-9,11-16,23,31H,2,10,17,28H2,1H3/t23-/m0/s1. The van der Waals surface area contributed by atoms with E-state index in [1.165, 1.54) is 16.3 Å². The topological polar surface area (TPSA) is 76.8 Å². The number of hydrogen-bond acceptors (Lipinski definition) is 4. The van der Waals surface area contributed by atoms with Gasteiger partial charge in [0.25, 0.3) is 0 Å². The third-order valence-electron chi connectivity index (χ3n) is 5.81. The molecule has 0 fully saturated rings. The van der Waals surface area contributed by atoms with Crippen molar-refractivity contribution in [2.45, 2.75) is 25.8 Å². The minimum atomic E-state index is -0.113. The molecule has 0 radical (unpaired) electrons. The molecule has 5 nitrogen and oxygen atoms in total. The van der Waals surface area contributed by atoms with Gasteiger partial charge in [-0.3, -0.25) is 9.97 Å². The second kappa shape index (κ2) is 8.81. The van der Waals surface area contributed by atoms with Crippen molar-refractivity contribution in [3.8, 4) is 16.9 Å². The molecule has 160 valence electrons. The van der Waals surface area contributed by atoms with Gasteiger partial charge in [-0.25, -0.2) is 0 Å². The van der Waals surface area contributed by atoms with Crippen molar-refractivity contribution in [1.82, 2.24) is 15.0 Å². The molecule has 0 unspecified atom stereocenters. The number of H-pyrrole nitrogens is 1. The molecule has 3 aromatic heterocycles. The summed E-state index contributed by atoms with van der Waals surface area (Å²) in [4.78, 5) is 12.2. The number of nitrogens with two attached hydrogens (primary N) is 1. The highest BCUT2D eigenvalue weighted by atomic mass is 16.5. The van der Waals surface area contributed by atoms with Crippen LogP contribution in [0.4, 0.5) is 0 Å². The first-order valence-corrected chi connectivity index (χ1v) is 11.0. The van der Waals surface area contributed by atoms with Crippen LogP contribution in [0.15, 0.2) is 79.4 Å². The lowest BCUT2D eigenvalue weighted by molar-refractivity contribution is 0.287. The molecule has 5 rings (SSSR count). The molecule has 5 aromatic rings. The van der Waals surface area contributed by atoms with Crippen molar-refractivity contribution in [1.29, 1.82) is 0 Å². The first-order chi connectivity index (χ1) is 15.7. The Hall–Kier alpha value is -3.70. The number of aromatic nitrogens is 3. The fraction of sp³-hybridized carbons (Fsp3) is 0.185. The fourth-order valence-electron chi connectivity index (χ4n) is 4.06. The van der Waals surface area contributed by atoms with E-state index >= 15 is 0 Å². The van der Waals surface area contributed by atoms with Gasteiger partial charge in [0.1, 0.15) is 12.4 Å². The summed E-state index contributed by atoms with van der Waals surface area (Å²) in [7, 11) is 0. The summed E-state index contributed by atoms with van der Waals surface area (Å²) in [5.41, 5.74) is 11.9. The van der Waals surface area contributed by atoms with Gasteiger partial charge in [0.05, 0.1) is 6.20 Å². The van der Waals surface area contributed by atoms with Crippen LogP contribution >= 0.6 is 0 Å². The zero-order chi connectivity index (χ0) is 21.9. The Morgan fingerprint density at radius 2 is 1.88 bits per heavy atom. The molecule has 0 aliphatic rings. The maximum Gasteiger partial charge on any atom is 0.138 e. The molecule has 5 heteroatoms. The number of pyridine rings is 2. The van der Waals surface area contributed by atoms with Gasteiger partial charge in [-0.15, -0.1) is 0 Å². The van der Waals surface area contributed by atoms with E-state index < -0.39 is 0 Å². The molecule has 1 atom stereocenters. The maximum atomic E-state index is 6.38. The minimum absolute atomic E-state index is 0.113. The van der Waals surface area contributed by atoms with Gasteiger partial charge < -0.3 is 15.5 Å². The molecule has 0 bridgehead atoms. The number of ether oxygens (including phenoxy) is 1. The molecule has 0 saturated carbocycles. The summed E-state index contributed by atoms with van der Waals surface area (Å²) in [6.45, 7) is 2.54. The lowest BCUT2D eigenvalue weighted by atomic mass is 10.0. The molecule has 32 heavy (non-hydrogen) atoms. The van der Waals surface area contributed by atoms with E-state index in [0.29, 0.717) is 6.61 Å². The van der Waals surface area contributed by atoms with Crippen LogP contribution in [0.1, 0.15) is 18.2 Å². The highest BCUT2D eigenvalue weighted by Gasteiger charge is 2.10. The number of aromatic amines is 1. The second-order valence-electron chi connectivity index (χ2n) is 8.14. The van der Waals surface area contributed by atoms with E-state index in [-0.39, 0.29) is 6.04 Å². The molecule has 0 amide bonds. The van der Waals surface area contributed by atoms with Gasteiger partial charge in [-0.05, 0) is 53.6 Å². The van der Waals surface area contributed by atoms with Crippen molar-refractivity contribution in [2.24, 2.45) is 5.73 Å². The highest BCUT2D eigenvalue weighted by Crippen LogP contribution is 2.27. The van der Waals surface area contributed by atoms with Crippen molar-refractivity contribution in [3.63, 3.8) is 0 Å². The van der Waals surface area contributed by atoms with E-state index in [4.69, 9.17) is 10.5 Å². The predicted molar refractivity (Wildman–Crippen MR) is 130 cm³/mol. The zero-order valence-electron chi connectivity index (χ0n) is 18.1. The number of para-hydroxylation sites is 1. The van der Waals surface area contributed by atoms with E-state index in [0.717, 1.165) is 46.3 Å². The molecule has 0 aliphatic carbocycles. The smallest absolute Gasteiger partial charge is 0.138 e. The Morgan fingerprint density at radius 1 is 0.969 bits per heavy atom. The summed E-state index contributed by atoms with van der Waals surface area (Å²) in [5, 5.41) is 3.53. The van der Waals surface area contributed by atoms with Crippen molar-refractivity contribution in [2.75, 3.05) is 6.61 Å². The number of rotatable bonds is 7. The second-order valence-corrected chi connectivity index (χ2v) is 8.14. The number of benzene rings is 2. The highest BCUT2D eigenvalue weighted by molar-refractivity contribution is 5.87. The molecule has 0 spiro atoms. The average Bonchev–Trinajstić information content (AvgIpc) is 3.25. The van der Waals surface area contributed by atoms with Crippen LogP contribution < -0.4 is 10.5 Å². The van der Waals surface area contributed by atoms with Gasteiger partial charge in [-0.1, -0.05) is 37.3 Å². The summed E-state index contributed by atoms with van der Waals surface area (Å²) in [6.07, 6.45) is 9.24. The van der Waals surface area contributed by atoms with E-state index in [1.807, 2.05) is 36.8 Å². The summed E-state index contributed by atoms with van der Waals surface area (Å²) < 4.78 is 6.01. The molecule has 0 aliphatic heterocycles. The van der Waals surface area contributed by atoms with E-state index in [2.05, 4.69) is 58.3 Å². The van der Waals surface area contributed by atoms with Crippen LogP contribution in [0.2, 0.25) is 0 Å². The van der Waals surface area contributed by atoms with Gasteiger partial charge in [0.15, 0.2) is 0 Å². The Morgan fingerprint density at radius 3 is 2.78 bits per heavy atom. The molecule has 3 heterocycles. The van der Waals surface area contributed by atoms with Gasteiger partial charge in [-0.2, -0.15) is 0 Å². The number of aryl methyl sites for hydroxylation is 1. The van der Waals surface area contributed by atoms with E-state index in [1.54, 1.807) is 6.20 Å². The first kappa shape index (κ1) is 20.2. The van der Waals surface area contributed by atoms with Gasteiger partial charge in [0.2, 0.25) is 0 Å². The number of hydrogen-bond donors (Lipinski definition) is 2. The van der Waals surface area contributed by atoms with Gasteiger partial charge in [0, 0.05) is 52.2 Å². The third kappa shape index (κ3) is 4.20. The number of nitrogens with zero attached hydrogens (tertiary/aromatic N) is 2. The molecule has 3 N–H and O–H groups in total. The molecule has 0 saturated heterocycles. The van der Waals surface area contributed by atoms with Crippen LogP contribution in [0, 0.1) is 0 Å². The predicted octanol–water partition coefficient (Wildman–Crippen LogP) is 5.29. The third-order valence-corrected chi connectivity index (χ3v) is 5.81. The Labute approximate surface area is 187 Å². The number of nitrogens with one attached hydrogen (secondary N) is 1. The quantitative estimate of drug-likeness (QED) is 0.374. The number of fused-ring (bicyclic) bond motifs is 2. The summed E-state index contributed by atoms with van der Waals surface area (Å²) in [6, 6.07) is 18.7. The zero-order valence-corrected chi connectivity index (χ0v) is 18.1. The SMILES string of the molecule is CCc1cc2cc(-c3cncc(OC[C@@H](N)Cc4c[nH]c5ccccc45)c3)ccc2cn1. The van der Waals surface area contributed by atoms with Crippen molar-refractivity contribution in [3.05, 3.63) is 90.6 Å². The summed E-state index contributed by atoms with van der Waals surface area (Å²) in [5.74, 6) is 0.723.